The van der Waals surface area contributed by atoms with Crippen LogP contribution in [0.25, 0.3) is 22.8 Å². The molecule has 0 unspecified atom stereocenters. The number of hydrogen-bond acceptors (Lipinski definition) is 8. The fourth-order valence-electron chi connectivity index (χ4n) is 5.93. The summed E-state index contributed by atoms with van der Waals surface area (Å²) < 4.78 is 62.4. The zero-order chi connectivity index (χ0) is 31.0. The van der Waals surface area contributed by atoms with Crippen molar-refractivity contribution in [3.05, 3.63) is 59.7 Å². The van der Waals surface area contributed by atoms with Crippen LogP contribution in [0, 0.1) is 5.82 Å². The van der Waals surface area contributed by atoms with E-state index in [-0.39, 0.29) is 36.3 Å². The van der Waals surface area contributed by atoms with Crippen LogP contribution in [0.2, 0.25) is 0 Å². The molecule has 4 aromatic rings. The average molecular weight is 609 g/mol. The van der Waals surface area contributed by atoms with Crippen molar-refractivity contribution in [2.45, 2.75) is 63.3 Å². The number of likely N-dealkylation sites (N-methyl/N-ethyl adjacent to an activating group) is 1. The second kappa shape index (κ2) is 9.96. The van der Waals surface area contributed by atoms with Gasteiger partial charge in [-0.1, -0.05) is 6.07 Å². The van der Waals surface area contributed by atoms with Gasteiger partial charge in [-0.2, -0.15) is 13.2 Å². The highest BCUT2D eigenvalue weighted by atomic mass is 19.4. The van der Waals surface area contributed by atoms with Crippen molar-refractivity contribution in [1.29, 1.82) is 0 Å². The van der Waals surface area contributed by atoms with Gasteiger partial charge in [0.05, 0.1) is 24.6 Å². The van der Waals surface area contributed by atoms with Crippen LogP contribution in [0.3, 0.4) is 0 Å². The summed E-state index contributed by atoms with van der Waals surface area (Å²) >= 11 is 0. The minimum absolute atomic E-state index is 0.0459. The van der Waals surface area contributed by atoms with E-state index in [4.69, 9.17) is 9.72 Å². The highest BCUT2D eigenvalue weighted by molar-refractivity contribution is 6.09. The fraction of sp³-hybridized carbons (Fsp3) is 0.400. The normalized spacial score (nSPS) is 17.3. The number of carbonyl (C=O) groups excluding carboxylic acids is 1. The van der Waals surface area contributed by atoms with E-state index < -0.39 is 23.2 Å². The molecule has 3 aliphatic rings. The minimum Gasteiger partial charge on any atom is -0.480 e. The maximum Gasteiger partial charge on any atom is 0.434 e. The van der Waals surface area contributed by atoms with Crippen LogP contribution in [0.1, 0.15) is 55.5 Å². The molecule has 44 heavy (non-hydrogen) atoms. The van der Waals surface area contributed by atoms with Gasteiger partial charge >= 0.3 is 6.18 Å². The molecule has 14 heteroatoms. The molecule has 0 N–H and O–H groups in total. The molecule has 228 valence electrons. The number of aryl methyl sites for hydroxylation is 1. The molecule has 2 saturated carbocycles. The molecule has 1 aliphatic heterocycles. The highest BCUT2D eigenvalue weighted by Crippen LogP contribution is 2.53. The monoisotopic (exact) mass is 608 g/mol. The van der Waals surface area contributed by atoms with Gasteiger partial charge in [-0.25, -0.2) is 29.3 Å². The number of carbonyl (C=O) groups is 1. The molecule has 0 saturated heterocycles. The first-order valence-corrected chi connectivity index (χ1v) is 14.3. The van der Waals surface area contributed by atoms with Crippen molar-refractivity contribution < 1.29 is 27.1 Å². The molecule has 2 aliphatic carbocycles. The predicted octanol–water partition coefficient (Wildman–Crippen LogP) is 5.38. The summed E-state index contributed by atoms with van der Waals surface area (Å²) in [6.07, 6.45) is 2.44. The number of fused-ring (bicyclic) bond motifs is 1. The highest BCUT2D eigenvalue weighted by Gasteiger charge is 2.59. The second-order valence-corrected chi connectivity index (χ2v) is 11.3. The van der Waals surface area contributed by atoms with Crippen molar-refractivity contribution in [1.82, 2.24) is 29.5 Å². The lowest BCUT2D eigenvalue weighted by Crippen LogP contribution is -2.54. The number of hydrogen-bond donors (Lipinski definition) is 0. The number of ether oxygens (including phenoxy) is 1. The zero-order valence-electron chi connectivity index (χ0n) is 24.2. The van der Waals surface area contributed by atoms with Crippen LogP contribution in [-0.4, -0.2) is 55.1 Å². The number of nitrogens with zero attached hydrogens (tertiary/aromatic N) is 8. The quantitative estimate of drug-likeness (QED) is 0.258. The Balaban J connectivity index is 1.29. The Labute approximate surface area is 249 Å². The summed E-state index contributed by atoms with van der Waals surface area (Å²) in [5, 5.41) is 0. The van der Waals surface area contributed by atoms with Crippen LogP contribution in [0.5, 0.6) is 5.88 Å². The molecule has 0 atom stereocenters. The summed E-state index contributed by atoms with van der Waals surface area (Å²) in [5.41, 5.74) is 0.454. The van der Waals surface area contributed by atoms with E-state index in [2.05, 4.69) is 19.9 Å². The average Bonchev–Trinajstić information content (AvgIpc) is 3.95. The second-order valence-electron chi connectivity index (χ2n) is 11.3. The number of imidazole rings is 1. The first-order chi connectivity index (χ1) is 21.1. The Morgan fingerprint density at radius 1 is 1.11 bits per heavy atom. The van der Waals surface area contributed by atoms with Gasteiger partial charge in [0.2, 0.25) is 5.88 Å². The maximum atomic E-state index is 15.6. The molecule has 1 aromatic carbocycles. The van der Waals surface area contributed by atoms with E-state index in [1.807, 2.05) is 4.90 Å². The number of alkyl halides is 3. The van der Waals surface area contributed by atoms with E-state index in [0.29, 0.717) is 47.2 Å². The van der Waals surface area contributed by atoms with Gasteiger partial charge in [0, 0.05) is 32.3 Å². The molecular formula is C30H28F4N8O2. The number of benzene rings is 1. The summed E-state index contributed by atoms with van der Waals surface area (Å²) in [6, 6.07) is 4.34. The molecule has 10 nitrogen and oxygen atoms in total. The summed E-state index contributed by atoms with van der Waals surface area (Å²) in [5.74, 6) is 0.543. The van der Waals surface area contributed by atoms with Crippen molar-refractivity contribution in [2.75, 3.05) is 24.0 Å². The summed E-state index contributed by atoms with van der Waals surface area (Å²) in [6.45, 7) is 1.98. The van der Waals surface area contributed by atoms with Crippen LogP contribution < -0.4 is 14.5 Å². The van der Waals surface area contributed by atoms with Crippen LogP contribution in [-0.2, 0) is 24.1 Å². The van der Waals surface area contributed by atoms with E-state index in [1.165, 1.54) is 30.1 Å². The third kappa shape index (κ3) is 4.46. The van der Waals surface area contributed by atoms with E-state index in [9.17, 15) is 18.0 Å². The Morgan fingerprint density at radius 3 is 2.52 bits per heavy atom. The van der Waals surface area contributed by atoms with Crippen molar-refractivity contribution in [3.63, 3.8) is 0 Å². The lowest BCUT2D eigenvalue weighted by Gasteiger charge is -2.41. The Kier molecular flexibility index (Phi) is 6.38. The van der Waals surface area contributed by atoms with E-state index >= 15 is 4.39 Å². The molecule has 1 amide bonds. The minimum atomic E-state index is -4.65. The smallest absolute Gasteiger partial charge is 0.434 e. The van der Waals surface area contributed by atoms with Crippen molar-refractivity contribution in [3.8, 4) is 28.7 Å². The van der Waals surface area contributed by atoms with Crippen LogP contribution in [0.4, 0.5) is 29.1 Å². The Hall–Kier alpha value is -4.62. The lowest BCUT2D eigenvalue weighted by atomic mass is 10.0. The number of methoxy groups -OCH3 is 1. The first kappa shape index (κ1) is 28.2. The van der Waals surface area contributed by atoms with E-state index in [1.54, 1.807) is 31.1 Å². The van der Waals surface area contributed by atoms with Gasteiger partial charge in [-0.15, -0.1) is 0 Å². The van der Waals surface area contributed by atoms with Gasteiger partial charge in [0.25, 0.3) is 5.91 Å². The molecular weight excluding hydrogens is 580 g/mol. The zero-order valence-corrected chi connectivity index (χ0v) is 24.2. The molecule has 7 rings (SSSR count). The van der Waals surface area contributed by atoms with E-state index in [0.717, 1.165) is 24.7 Å². The number of halogens is 4. The summed E-state index contributed by atoms with van der Waals surface area (Å²) in [4.78, 5) is 39.0. The summed E-state index contributed by atoms with van der Waals surface area (Å²) in [7, 11) is 3.21. The fourth-order valence-corrected chi connectivity index (χ4v) is 5.93. The standard InChI is InChI=1S/C30H28F4N8O2/c1-4-41-14-21(30(32,33)34)38-25(41)18-8-5-16(11-19(18)31)13-42-26-20(40(2)28(43)29(42)9-10-29)12-35-24(39-26)22-23(17-6-7-17)36-15-37-27(22)44-3/h5,8,11-12,14-15,17H,4,6-7,9-10,13H2,1-3H3. The Bertz CT molecular complexity index is 1800. The number of rotatable bonds is 7. The molecule has 1 spiro atoms. The lowest BCUT2D eigenvalue weighted by molar-refractivity contribution is -0.140. The van der Waals surface area contributed by atoms with Crippen LogP contribution in [0.15, 0.2) is 36.9 Å². The molecule has 0 bridgehead atoms. The van der Waals surface area contributed by atoms with Gasteiger partial charge in [-0.3, -0.25) is 4.79 Å². The van der Waals surface area contributed by atoms with Crippen molar-refractivity contribution >= 4 is 17.4 Å². The third-order valence-corrected chi connectivity index (χ3v) is 8.56. The number of aromatic nitrogens is 6. The Morgan fingerprint density at radius 2 is 1.89 bits per heavy atom. The van der Waals surface area contributed by atoms with Crippen molar-refractivity contribution in [2.24, 2.45) is 0 Å². The van der Waals surface area contributed by atoms with Gasteiger partial charge < -0.3 is 19.1 Å². The maximum absolute atomic E-state index is 15.6. The third-order valence-electron chi connectivity index (χ3n) is 8.56. The van der Waals surface area contributed by atoms with Gasteiger partial charge in [0.1, 0.15) is 34.8 Å². The first-order valence-electron chi connectivity index (χ1n) is 14.3. The topological polar surface area (TPSA) is 102 Å². The number of anilines is 2. The molecule has 2 fully saturated rings. The SMILES string of the molecule is CCn1cc(C(F)(F)F)nc1-c1ccc(CN2c3nc(-c4c(OC)ncnc4C4CC4)ncc3N(C)C(=O)C23CC3)cc1F. The van der Waals surface area contributed by atoms with Gasteiger partial charge in [-0.05, 0) is 50.3 Å². The van der Waals surface area contributed by atoms with Crippen LogP contribution >= 0.6 is 0 Å². The predicted molar refractivity (Wildman–Crippen MR) is 151 cm³/mol. The molecule has 3 aromatic heterocycles. The molecule has 4 heterocycles. The molecule has 0 radical (unpaired) electrons. The number of amides is 1. The van der Waals surface area contributed by atoms with Gasteiger partial charge in [0.15, 0.2) is 17.3 Å². The largest absolute Gasteiger partial charge is 0.480 e.